The molecule has 1 aliphatic heterocycles. The van der Waals surface area contributed by atoms with Gasteiger partial charge in [0.15, 0.2) is 0 Å². The second kappa shape index (κ2) is 3.79. The van der Waals surface area contributed by atoms with Crippen LogP contribution < -0.4 is 0 Å². The van der Waals surface area contributed by atoms with Crippen molar-refractivity contribution in [1.29, 1.82) is 0 Å². The standard InChI is InChI=1S/C14H14OS/c1-9-8-12(15)14-11-5-3-2-4-10(11)6-7-13(14)16-9/h2-7,9,12,15H,8H2,1H3. The van der Waals surface area contributed by atoms with Crippen LogP contribution in [0.15, 0.2) is 41.3 Å². The summed E-state index contributed by atoms with van der Waals surface area (Å²) in [5, 5.41) is 13.1. The molecule has 0 amide bonds. The van der Waals surface area contributed by atoms with Crippen molar-refractivity contribution in [3.8, 4) is 0 Å². The molecule has 0 spiro atoms. The molecule has 0 bridgehead atoms. The summed E-state index contributed by atoms with van der Waals surface area (Å²) in [5.41, 5.74) is 1.13. The Morgan fingerprint density at radius 3 is 2.88 bits per heavy atom. The molecule has 2 aromatic rings. The number of benzene rings is 2. The van der Waals surface area contributed by atoms with Gasteiger partial charge in [0.05, 0.1) is 6.10 Å². The maximum atomic E-state index is 10.2. The van der Waals surface area contributed by atoms with E-state index in [-0.39, 0.29) is 6.10 Å². The second-order valence-corrected chi connectivity index (χ2v) is 5.86. The molecular formula is C14H14OS. The molecule has 82 valence electrons. The minimum atomic E-state index is -0.308. The SMILES string of the molecule is CC1CC(O)c2c(ccc3ccccc23)S1. The van der Waals surface area contributed by atoms with E-state index in [1.165, 1.54) is 15.7 Å². The van der Waals surface area contributed by atoms with Crippen molar-refractivity contribution in [2.24, 2.45) is 0 Å². The van der Waals surface area contributed by atoms with Crippen LogP contribution in [0, 0.1) is 0 Å². The molecule has 2 aromatic carbocycles. The van der Waals surface area contributed by atoms with Gasteiger partial charge < -0.3 is 5.11 Å². The summed E-state index contributed by atoms with van der Waals surface area (Å²) in [6.45, 7) is 2.17. The number of aliphatic hydroxyl groups excluding tert-OH is 1. The van der Waals surface area contributed by atoms with E-state index in [1.54, 1.807) is 0 Å². The Morgan fingerprint density at radius 2 is 2.00 bits per heavy atom. The first kappa shape index (κ1) is 10.2. The van der Waals surface area contributed by atoms with Crippen molar-refractivity contribution in [1.82, 2.24) is 0 Å². The molecule has 1 aliphatic rings. The minimum Gasteiger partial charge on any atom is -0.388 e. The molecule has 16 heavy (non-hydrogen) atoms. The normalized spacial score (nSPS) is 24.4. The van der Waals surface area contributed by atoms with E-state index >= 15 is 0 Å². The Balaban J connectivity index is 2.29. The largest absolute Gasteiger partial charge is 0.388 e. The van der Waals surface area contributed by atoms with Gasteiger partial charge in [-0.1, -0.05) is 37.3 Å². The van der Waals surface area contributed by atoms with Crippen LogP contribution >= 0.6 is 11.8 Å². The molecule has 0 saturated carbocycles. The van der Waals surface area contributed by atoms with Gasteiger partial charge in [-0.05, 0) is 23.3 Å². The molecule has 1 heterocycles. The maximum Gasteiger partial charge on any atom is 0.0817 e. The van der Waals surface area contributed by atoms with Crippen LogP contribution in [0.25, 0.3) is 10.8 Å². The monoisotopic (exact) mass is 230 g/mol. The summed E-state index contributed by atoms with van der Waals surface area (Å²) < 4.78 is 0. The van der Waals surface area contributed by atoms with Gasteiger partial charge >= 0.3 is 0 Å². The second-order valence-electron chi connectivity index (χ2n) is 4.38. The lowest BCUT2D eigenvalue weighted by molar-refractivity contribution is 0.164. The number of hydrogen-bond acceptors (Lipinski definition) is 2. The minimum absolute atomic E-state index is 0.308. The van der Waals surface area contributed by atoms with Gasteiger partial charge in [0.1, 0.15) is 0 Å². The summed E-state index contributed by atoms with van der Waals surface area (Å²) in [5.74, 6) is 0. The van der Waals surface area contributed by atoms with E-state index in [4.69, 9.17) is 0 Å². The summed E-state index contributed by atoms with van der Waals surface area (Å²) in [7, 11) is 0. The molecule has 2 unspecified atom stereocenters. The van der Waals surface area contributed by atoms with Crippen LogP contribution in [0.3, 0.4) is 0 Å². The lowest BCUT2D eigenvalue weighted by Crippen LogP contribution is -2.13. The predicted octanol–water partition coefficient (Wildman–Crippen LogP) is 3.76. The van der Waals surface area contributed by atoms with Gasteiger partial charge in [0.2, 0.25) is 0 Å². The van der Waals surface area contributed by atoms with Gasteiger partial charge in [0, 0.05) is 15.7 Å². The molecule has 0 fully saturated rings. The molecular weight excluding hydrogens is 216 g/mol. The highest BCUT2D eigenvalue weighted by Gasteiger charge is 2.24. The Bertz CT molecular complexity index is 535. The first-order chi connectivity index (χ1) is 7.75. The quantitative estimate of drug-likeness (QED) is 0.743. The van der Waals surface area contributed by atoms with E-state index in [0.29, 0.717) is 5.25 Å². The topological polar surface area (TPSA) is 20.2 Å². The summed E-state index contributed by atoms with van der Waals surface area (Å²) >= 11 is 1.87. The highest BCUT2D eigenvalue weighted by molar-refractivity contribution is 8.00. The molecule has 0 aliphatic carbocycles. The van der Waals surface area contributed by atoms with E-state index in [9.17, 15) is 5.11 Å². The summed E-state index contributed by atoms with van der Waals surface area (Å²) in [6, 6.07) is 12.6. The third-order valence-corrected chi connectivity index (χ3v) is 4.35. The van der Waals surface area contributed by atoms with Crippen molar-refractivity contribution in [3.63, 3.8) is 0 Å². The molecule has 2 atom stereocenters. The van der Waals surface area contributed by atoms with E-state index in [2.05, 4.69) is 31.2 Å². The molecule has 0 radical (unpaired) electrons. The van der Waals surface area contributed by atoms with Crippen LogP contribution in [0.1, 0.15) is 25.0 Å². The Kier molecular flexibility index (Phi) is 2.41. The number of fused-ring (bicyclic) bond motifs is 3. The van der Waals surface area contributed by atoms with Gasteiger partial charge in [-0.25, -0.2) is 0 Å². The van der Waals surface area contributed by atoms with Crippen LogP contribution in [0.5, 0.6) is 0 Å². The molecule has 0 aromatic heterocycles. The van der Waals surface area contributed by atoms with Crippen LogP contribution in [0.4, 0.5) is 0 Å². The third kappa shape index (κ3) is 1.53. The third-order valence-electron chi connectivity index (χ3n) is 3.15. The molecule has 1 nitrogen and oxygen atoms in total. The average Bonchev–Trinajstić information content (AvgIpc) is 2.28. The summed E-state index contributed by atoms with van der Waals surface area (Å²) in [6.07, 6.45) is 0.545. The van der Waals surface area contributed by atoms with E-state index < -0.39 is 0 Å². The number of aliphatic hydroxyl groups is 1. The lowest BCUT2D eigenvalue weighted by Gasteiger charge is -2.27. The zero-order valence-corrected chi connectivity index (χ0v) is 10.00. The van der Waals surface area contributed by atoms with Crippen molar-refractivity contribution in [2.45, 2.75) is 29.6 Å². The fraction of sp³-hybridized carbons (Fsp3) is 0.286. The van der Waals surface area contributed by atoms with Gasteiger partial charge in [-0.2, -0.15) is 0 Å². The Hall–Kier alpha value is -0.990. The average molecular weight is 230 g/mol. The van der Waals surface area contributed by atoms with Crippen molar-refractivity contribution in [2.75, 3.05) is 0 Å². The number of hydrogen-bond donors (Lipinski definition) is 1. The van der Waals surface area contributed by atoms with E-state index in [1.807, 2.05) is 23.9 Å². The smallest absolute Gasteiger partial charge is 0.0817 e. The maximum absolute atomic E-state index is 10.2. The zero-order valence-electron chi connectivity index (χ0n) is 9.18. The first-order valence-electron chi connectivity index (χ1n) is 5.62. The van der Waals surface area contributed by atoms with Crippen LogP contribution in [-0.4, -0.2) is 10.4 Å². The van der Waals surface area contributed by atoms with Crippen molar-refractivity contribution >= 4 is 22.5 Å². The number of rotatable bonds is 0. The highest BCUT2D eigenvalue weighted by atomic mass is 32.2. The Labute approximate surface area is 99.5 Å². The van der Waals surface area contributed by atoms with Gasteiger partial charge in [-0.3, -0.25) is 0 Å². The Morgan fingerprint density at radius 1 is 1.19 bits per heavy atom. The summed E-state index contributed by atoms with van der Waals surface area (Å²) in [4.78, 5) is 1.24. The van der Waals surface area contributed by atoms with E-state index in [0.717, 1.165) is 12.0 Å². The zero-order chi connectivity index (χ0) is 11.1. The van der Waals surface area contributed by atoms with Gasteiger partial charge in [-0.15, -0.1) is 11.8 Å². The van der Waals surface area contributed by atoms with Crippen molar-refractivity contribution in [3.05, 3.63) is 42.0 Å². The number of thioether (sulfide) groups is 1. The fourth-order valence-electron chi connectivity index (χ4n) is 2.42. The lowest BCUT2D eigenvalue weighted by atomic mass is 9.97. The molecule has 3 rings (SSSR count). The predicted molar refractivity (Wildman–Crippen MR) is 68.8 cm³/mol. The first-order valence-corrected chi connectivity index (χ1v) is 6.50. The molecule has 2 heteroatoms. The highest BCUT2D eigenvalue weighted by Crippen LogP contribution is 2.43. The van der Waals surface area contributed by atoms with Gasteiger partial charge in [0.25, 0.3) is 0 Å². The van der Waals surface area contributed by atoms with Crippen LogP contribution in [0.2, 0.25) is 0 Å². The molecule has 0 saturated heterocycles. The van der Waals surface area contributed by atoms with Crippen LogP contribution in [-0.2, 0) is 0 Å². The molecule has 1 N–H and O–H groups in total. The van der Waals surface area contributed by atoms with Crippen molar-refractivity contribution < 1.29 is 5.11 Å². The fourth-order valence-corrected chi connectivity index (χ4v) is 3.65.